The van der Waals surface area contributed by atoms with Crippen LogP contribution in [0.5, 0.6) is 0 Å². The Labute approximate surface area is 63.4 Å². The topological polar surface area (TPSA) is 3.24 Å². The Morgan fingerprint density at radius 1 is 1.20 bits per heavy atom. The highest BCUT2D eigenvalue weighted by molar-refractivity contribution is 5.01. The first kappa shape index (κ1) is 6.66. The summed E-state index contributed by atoms with van der Waals surface area (Å²) in [6.07, 6.45) is 7.50. The average molecular weight is 139 g/mol. The van der Waals surface area contributed by atoms with Crippen LogP contribution in [0.2, 0.25) is 0 Å². The number of hydrogen-bond acceptors (Lipinski definition) is 1. The van der Waals surface area contributed by atoms with Crippen LogP contribution >= 0.6 is 0 Å². The van der Waals surface area contributed by atoms with Crippen LogP contribution < -0.4 is 0 Å². The maximum atomic E-state index is 2.40. The van der Waals surface area contributed by atoms with Crippen molar-refractivity contribution >= 4 is 0 Å². The Hall–Kier alpha value is -0.0400. The van der Waals surface area contributed by atoms with Gasteiger partial charge in [0.2, 0.25) is 0 Å². The van der Waals surface area contributed by atoms with Gasteiger partial charge < -0.3 is 4.90 Å². The first-order valence-corrected chi connectivity index (χ1v) is 4.38. The van der Waals surface area contributed by atoms with Crippen LogP contribution in [0.25, 0.3) is 0 Å². The molecule has 1 heteroatoms. The van der Waals surface area contributed by atoms with Gasteiger partial charge in [-0.1, -0.05) is 0 Å². The second-order valence-corrected chi connectivity index (χ2v) is 4.36. The van der Waals surface area contributed by atoms with E-state index in [0.29, 0.717) is 0 Å². The monoisotopic (exact) mass is 139 g/mol. The lowest BCUT2D eigenvalue weighted by Gasteiger charge is -2.18. The van der Waals surface area contributed by atoms with E-state index in [-0.39, 0.29) is 0 Å². The van der Waals surface area contributed by atoms with Gasteiger partial charge in [-0.2, -0.15) is 0 Å². The van der Waals surface area contributed by atoms with Gasteiger partial charge in [0.05, 0.1) is 0 Å². The molecule has 10 heavy (non-hydrogen) atoms. The van der Waals surface area contributed by atoms with Crippen LogP contribution in [0.15, 0.2) is 0 Å². The zero-order chi connectivity index (χ0) is 7.19. The van der Waals surface area contributed by atoms with Crippen molar-refractivity contribution in [1.29, 1.82) is 0 Å². The van der Waals surface area contributed by atoms with Crippen molar-refractivity contribution in [2.45, 2.75) is 38.1 Å². The molecule has 1 unspecified atom stereocenters. The molecule has 2 rings (SSSR count). The smallest absolute Gasteiger partial charge is 0.00946 e. The van der Waals surface area contributed by atoms with E-state index in [2.05, 4.69) is 19.0 Å². The molecule has 0 aromatic heterocycles. The van der Waals surface area contributed by atoms with Crippen molar-refractivity contribution < 1.29 is 0 Å². The van der Waals surface area contributed by atoms with Crippen molar-refractivity contribution in [1.82, 2.24) is 4.90 Å². The predicted octanol–water partition coefficient (Wildman–Crippen LogP) is 1.88. The molecular weight excluding hydrogens is 122 g/mol. The Balaban J connectivity index is 1.93. The van der Waals surface area contributed by atoms with Crippen molar-refractivity contribution in [2.75, 3.05) is 14.1 Å². The third-order valence-electron chi connectivity index (χ3n) is 3.36. The standard InChI is InChI=1S/C9H17N/c1-10(2)8-3-4-9(7-8)5-6-9/h8H,3-7H2,1-2H3. The van der Waals surface area contributed by atoms with Gasteiger partial charge in [-0.3, -0.25) is 0 Å². The molecule has 1 nitrogen and oxygen atoms in total. The molecule has 0 aliphatic heterocycles. The van der Waals surface area contributed by atoms with Gasteiger partial charge in [-0.25, -0.2) is 0 Å². The molecule has 0 bridgehead atoms. The first-order chi connectivity index (χ1) is 4.72. The van der Waals surface area contributed by atoms with Crippen LogP contribution in [0.3, 0.4) is 0 Å². The quantitative estimate of drug-likeness (QED) is 0.536. The highest BCUT2D eigenvalue weighted by Gasteiger charge is 2.48. The zero-order valence-electron chi connectivity index (χ0n) is 7.06. The van der Waals surface area contributed by atoms with E-state index in [1.54, 1.807) is 0 Å². The molecule has 0 aromatic rings. The maximum Gasteiger partial charge on any atom is 0.00946 e. The Bertz CT molecular complexity index is 136. The molecule has 0 amide bonds. The Morgan fingerprint density at radius 3 is 2.20 bits per heavy atom. The zero-order valence-corrected chi connectivity index (χ0v) is 7.06. The summed E-state index contributed by atoms with van der Waals surface area (Å²) in [7, 11) is 4.43. The molecule has 0 radical (unpaired) electrons. The molecule has 1 spiro atoms. The van der Waals surface area contributed by atoms with Crippen molar-refractivity contribution in [3.8, 4) is 0 Å². The minimum atomic E-state index is 0.856. The van der Waals surface area contributed by atoms with E-state index in [4.69, 9.17) is 0 Å². The number of hydrogen-bond donors (Lipinski definition) is 0. The largest absolute Gasteiger partial charge is 0.306 e. The van der Waals surface area contributed by atoms with E-state index in [9.17, 15) is 0 Å². The average Bonchev–Trinajstić information content (AvgIpc) is 2.41. The van der Waals surface area contributed by atoms with E-state index in [0.717, 1.165) is 11.5 Å². The van der Waals surface area contributed by atoms with Crippen LogP contribution in [-0.4, -0.2) is 25.0 Å². The fourth-order valence-corrected chi connectivity index (χ4v) is 2.25. The molecule has 2 saturated carbocycles. The van der Waals surface area contributed by atoms with Crippen molar-refractivity contribution in [3.63, 3.8) is 0 Å². The highest BCUT2D eigenvalue weighted by Crippen LogP contribution is 2.58. The molecule has 2 aliphatic carbocycles. The summed E-state index contributed by atoms with van der Waals surface area (Å²) < 4.78 is 0. The highest BCUT2D eigenvalue weighted by atomic mass is 15.1. The lowest BCUT2D eigenvalue weighted by molar-refractivity contribution is 0.288. The van der Waals surface area contributed by atoms with Crippen LogP contribution in [0, 0.1) is 5.41 Å². The summed E-state index contributed by atoms with van der Waals surface area (Å²) in [4.78, 5) is 2.40. The summed E-state index contributed by atoms with van der Waals surface area (Å²) in [5.41, 5.74) is 0.856. The Morgan fingerprint density at radius 2 is 1.90 bits per heavy atom. The van der Waals surface area contributed by atoms with E-state index in [1.165, 1.54) is 32.1 Å². The van der Waals surface area contributed by atoms with Crippen molar-refractivity contribution in [3.05, 3.63) is 0 Å². The molecule has 1 atom stereocenters. The number of rotatable bonds is 1. The summed E-state index contributed by atoms with van der Waals surface area (Å²) in [5.74, 6) is 0. The van der Waals surface area contributed by atoms with Gasteiger partial charge in [-0.05, 0) is 51.6 Å². The third kappa shape index (κ3) is 0.968. The Kier molecular flexibility index (Phi) is 1.31. The molecule has 2 fully saturated rings. The molecule has 0 N–H and O–H groups in total. The van der Waals surface area contributed by atoms with Gasteiger partial charge >= 0.3 is 0 Å². The SMILES string of the molecule is CN(C)C1CCC2(CC2)C1. The molecule has 0 aromatic carbocycles. The van der Waals surface area contributed by atoms with E-state index in [1.807, 2.05) is 0 Å². The van der Waals surface area contributed by atoms with Crippen LogP contribution in [0.1, 0.15) is 32.1 Å². The van der Waals surface area contributed by atoms with Gasteiger partial charge in [-0.15, -0.1) is 0 Å². The van der Waals surface area contributed by atoms with Crippen LogP contribution in [-0.2, 0) is 0 Å². The van der Waals surface area contributed by atoms with Gasteiger partial charge in [0, 0.05) is 6.04 Å². The third-order valence-corrected chi connectivity index (χ3v) is 3.36. The minimum absolute atomic E-state index is 0.856. The molecule has 0 heterocycles. The van der Waals surface area contributed by atoms with Gasteiger partial charge in [0.1, 0.15) is 0 Å². The summed E-state index contributed by atoms with van der Waals surface area (Å²) in [5, 5.41) is 0. The summed E-state index contributed by atoms with van der Waals surface area (Å²) in [6, 6.07) is 0.905. The maximum absolute atomic E-state index is 2.40. The first-order valence-electron chi connectivity index (χ1n) is 4.38. The second-order valence-electron chi connectivity index (χ2n) is 4.36. The summed E-state index contributed by atoms with van der Waals surface area (Å²) in [6.45, 7) is 0. The number of nitrogens with zero attached hydrogens (tertiary/aromatic N) is 1. The van der Waals surface area contributed by atoms with Gasteiger partial charge in [0.15, 0.2) is 0 Å². The predicted molar refractivity (Wildman–Crippen MR) is 43.0 cm³/mol. The normalized spacial score (nSPS) is 35.7. The van der Waals surface area contributed by atoms with E-state index >= 15 is 0 Å². The molecule has 58 valence electrons. The lowest BCUT2D eigenvalue weighted by atomic mass is 10.1. The summed E-state index contributed by atoms with van der Waals surface area (Å²) >= 11 is 0. The van der Waals surface area contributed by atoms with Crippen molar-refractivity contribution in [2.24, 2.45) is 5.41 Å². The molecule has 2 aliphatic rings. The van der Waals surface area contributed by atoms with Crippen LogP contribution in [0.4, 0.5) is 0 Å². The molecule has 0 saturated heterocycles. The molecular formula is C9H17N. The van der Waals surface area contributed by atoms with E-state index < -0.39 is 0 Å². The van der Waals surface area contributed by atoms with Gasteiger partial charge in [0.25, 0.3) is 0 Å². The lowest BCUT2D eigenvalue weighted by Crippen LogP contribution is -2.24. The second kappa shape index (κ2) is 1.97. The fourth-order valence-electron chi connectivity index (χ4n) is 2.25. The fraction of sp³-hybridized carbons (Fsp3) is 1.00. The minimum Gasteiger partial charge on any atom is -0.306 e.